The van der Waals surface area contributed by atoms with Crippen LogP contribution in [-0.2, 0) is 4.79 Å². The van der Waals surface area contributed by atoms with Gasteiger partial charge in [0.1, 0.15) is 5.75 Å². The number of rotatable bonds is 5. The largest absolute Gasteiger partial charge is 0.492 e. The summed E-state index contributed by atoms with van der Waals surface area (Å²) >= 11 is 5.91. The van der Waals surface area contributed by atoms with Crippen LogP contribution in [0, 0.1) is 5.92 Å². The Balaban J connectivity index is 2.88. The zero-order valence-corrected chi connectivity index (χ0v) is 11.6. The number of anilines is 1. The molecule has 0 spiro atoms. The van der Waals surface area contributed by atoms with Gasteiger partial charge in [0.25, 0.3) is 0 Å². The molecule has 0 saturated heterocycles. The lowest BCUT2D eigenvalue weighted by Crippen LogP contribution is -2.34. The number of nitrogens with one attached hydrogen (secondary N) is 1. The highest BCUT2D eigenvalue weighted by Crippen LogP contribution is 2.28. The standard InChI is InChI=1S/C13H19ClN2O2/c1-4-18-12-6-5-10(14)7-11(12)16-13(17)8(2)9(3)15/h5-9H,4,15H2,1-3H3,(H,16,17). The van der Waals surface area contributed by atoms with E-state index in [9.17, 15) is 4.79 Å². The normalized spacial score (nSPS) is 13.8. The van der Waals surface area contributed by atoms with Crippen molar-refractivity contribution in [3.05, 3.63) is 23.2 Å². The van der Waals surface area contributed by atoms with E-state index in [1.807, 2.05) is 6.92 Å². The maximum atomic E-state index is 11.9. The van der Waals surface area contributed by atoms with Gasteiger partial charge in [-0.3, -0.25) is 4.79 Å². The van der Waals surface area contributed by atoms with Crippen LogP contribution in [0.2, 0.25) is 5.02 Å². The van der Waals surface area contributed by atoms with E-state index in [1.54, 1.807) is 32.0 Å². The van der Waals surface area contributed by atoms with E-state index in [4.69, 9.17) is 22.1 Å². The van der Waals surface area contributed by atoms with Crippen molar-refractivity contribution in [2.75, 3.05) is 11.9 Å². The van der Waals surface area contributed by atoms with E-state index in [-0.39, 0.29) is 17.9 Å². The smallest absolute Gasteiger partial charge is 0.228 e. The fraction of sp³-hybridized carbons (Fsp3) is 0.462. The molecule has 1 aromatic carbocycles. The van der Waals surface area contributed by atoms with Crippen molar-refractivity contribution in [2.24, 2.45) is 11.7 Å². The second-order valence-corrected chi connectivity index (χ2v) is 4.65. The van der Waals surface area contributed by atoms with Crippen LogP contribution in [0.1, 0.15) is 20.8 Å². The number of hydrogen-bond donors (Lipinski definition) is 2. The van der Waals surface area contributed by atoms with E-state index >= 15 is 0 Å². The predicted octanol–water partition coefficient (Wildman–Crippen LogP) is 2.66. The lowest BCUT2D eigenvalue weighted by molar-refractivity contribution is -0.119. The van der Waals surface area contributed by atoms with Gasteiger partial charge in [0, 0.05) is 11.1 Å². The lowest BCUT2D eigenvalue weighted by atomic mass is 10.0. The number of hydrogen-bond acceptors (Lipinski definition) is 3. The SMILES string of the molecule is CCOc1ccc(Cl)cc1NC(=O)C(C)C(C)N. The fourth-order valence-corrected chi connectivity index (χ4v) is 1.54. The molecule has 18 heavy (non-hydrogen) atoms. The molecule has 5 heteroatoms. The van der Waals surface area contributed by atoms with Crippen LogP contribution in [0.25, 0.3) is 0 Å². The van der Waals surface area contributed by atoms with Crippen LogP contribution in [-0.4, -0.2) is 18.6 Å². The maximum absolute atomic E-state index is 11.9. The average Bonchev–Trinajstić information content (AvgIpc) is 2.31. The lowest BCUT2D eigenvalue weighted by Gasteiger charge is -2.17. The molecule has 0 aliphatic rings. The summed E-state index contributed by atoms with van der Waals surface area (Å²) in [6.45, 7) is 5.98. The Morgan fingerprint density at radius 2 is 2.17 bits per heavy atom. The van der Waals surface area contributed by atoms with Crippen molar-refractivity contribution in [1.82, 2.24) is 0 Å². The van der Waals surface area contributed by atoms with Crippen LogP contribution < -0.4 is 15.8 Å². The molecular weight excluding hydrogens is 252 g/mol. The van der Waals surface area contributed by atoms with Gasteiger partial charge in [-0.15, -0.1) is 0 Å². The first-order valence-electron chi connectivity index (χ1n) is 5.94. The number of carbonyl (C=O) groups excluding carboxylic acids is 1. The molecule has 3 N–H and O–H groups in total. The summed E-state index contributed by atoms with van der Waals surface area (Å²) in [5, 5.41) is 3.33. The third-order valence-corrected chi connectivity index (χ3v) is 2.94. The molecule has 100 valence electrons. The molecular formula is C13H19ClN2O2. The Morgan fingerprint density at radius 3 is 2.72 bits per heavy atom. The first-order chi connectivity index (χ1) is 8.45. The number of amides is 1. The first-order valence-corrected chi connectivity index (χ1v) is 6.32. The molecule has 0 bridgehead atoms. The second kappa shape index (κ2) is 6.61. The zero-order chi connectivity index (χ0) is 13.7. The second-order valence-electron chi connectivity index (χ2n) is 4.21. The summed E-state index contributed by atoms with van der Waals surface area (Å²) in [4.78, 5) is 11.9. The van der Waals surface area contributed by atoms with Crippen molar-refractivity contribution < 1.29 is 9.53 Å². The van der Waals surface area contributed by atoms with E-state index in [0.29, 0.717) is 23.1 Å². The van der Waals surface area contributed by atoms with E-state index in [0.717, 1.165) is 0 Å². The maximum Gasteiger partial charge on any atom is 0.228 e. The third-order valence-electron chi connectivity index (χ3n) is 2.70. The van der Waals surface area contributed by atoms with Crippen molar-refractivity contribution in [3.63, 3.8) is 0 Å². The Morgan fingerprint density at radius 1 is 1.50 bits per heavy atom. The van der Waals surface area contributed by atoms with Crippen molar-refractivity contribution in [3.8, 4) is 5.75 Å². The minimum atomic E-state index is -0.279. The van der Waals surface area contributed by atoms with Crippen molar-refractivity contribution in [2.45, 2.75) is 26.8 Å². The molecule has 0 aliphatic heterocycles. The molecule has 1 rings (SSSR count). The van der Waals surface area contributed by atoms with Crippen LogP contribution >= 0.6 is 11.6 Å². The van der Waals surface area contributed by atoms with Crippen LogP contribution in [0.15, 0.2) is 18.2 Å². The van der Waals surface area contributed by atoms with Gasteiger partial charge in [0.15, 0.2) is 0 Å². The van der Waals surface area contributed by atoms with Gasteiger partial charge in [0.05, 0.1) is 18.2 Å². The van der Waals surface area contributed by atoms with Gasteiger partial charge in [-0.1, -0.05) is 18.5 Å². The van der Waals surface area contributed by atoms with Gasteiger partial charge in [-0.25, -0.2) is 0 Å². The van der Waals surface area contributed by atoms with E-state index < -0.39 is 0 Å². The van der Waals surface area contributed by atoms with Crippen molar-refractivity contribution >= 4 is 23.2 Å². The zero-order valence-electron chi connectivity index (χ0n) is 10.9. The number of nitrogens with two attached hydrogens (primary N) is 1. The summed E-state index contributed by atoms with van der Waals surface area (Å²) in [5.74, 6) is 0.179. The molecule has 0 saturated carbocycles. The van der Waals surface area contributed by atoms with Gasteiger partial charge >= 0.3 is 0 Å². The molecule has 1 aromatic rings. The molecule has 0 heterocycles. The summed E-state index contributed by atoms with van der Waals surface area (Å²) in [7, 11) is 0. The summed E-state index contributed by atoms with van der Waals surface area (Å²) in [6.07, 6.45) is 0. The number of ether oxygens (including phenoxy) is 1. The van der Waals surface area contributed by atoms with Crippen LogP contribution in [0.5, 0.6) is 5.75 Å². The summed E-state index contributed by atoms with van der Waals surface area (Å²) < 4.78 is 5.43. The molecule has 0 aromatic heterocycles. The molecule has 2 atom stereocenters. The molecule has 0 fully saturated rings. The highest BCUT2D eigenvalue weighted by Gasteiger charge is 2.18. The van der Waals surface area contributed by atoms with Gasteiger partial charge in [-0.2, -0.15) is 0 Å². The fourth-order valence-electron chi connectivity index (χ4n) is 1.37. The minimum absolute atomic E-state index is 0.145. The summed E-state index contributed by atoms with van der Waals surface area (Å²) in [5.41, 5.74) is 6.27. The van der Waals surface area contributed by atoms with Gasteiger partial charge in [0.2, 0.25) is 5.91 Å². The van der Waals surface area contributed by atoms with E-state index in [1.165, 1.54) is 0 Å². The Labute approximate surface area is 112 Å². The monoisotopic (exact) mass is 270 g/mol. The predicted molar refractivity (Wildman–Crippen MR) is 74.1 cm³/mol. The quantitative estimate of drug-likeness (QED) is 0.865. The number of halogens is 1. The highest BCUT2D eigenvalue weighted by molar-refractivity contribution is 6.31. The Bertz CT molecular complexity index is 421. The van der Waals surface area contributed by atoms with Gasteiger partial charge < -0.3 is 15.8 Å². The molecule has 4 nitrogen and oxygen atoms in total. The molecule has 2 unspecified atom stereocenters. The Kier molecular flexibility index (Phi) is 5.44. The molecule has 0 radical (unpaired) electrons. The third kappa shape index (κ3) is 3.89. The minimum Gasteiger partial charge on any atom is -0.492 e. The average molecular weight is 271 g/mol. The summed E-state index contributed by atoms with van der Waals surface area (Å²) in [6, 6.07) is 4.91. The molecule has 0 aliphatic carbocycles. The topological polar surface area (TPSA) is 64.3 Å². The Hall–Kier alpha value is -1.26. The highest BCUT2D eigenvalue weighted by atomic mass is 35.5. The van der Waals surface area contributed by atoms with E-state index in [2.05, 4.69) is 5.32 Å². The van der Waals surface area contributed by atoms with Crippen molar-refractivity contribution in [1.29, 1.82) is 0 Å². The molecule has 1 amide bonds. The number of benzene rings is 1. The number of carbonyl (C=O) groups is 1. The van der Waals surface area contributed by atoms with Gasteiger partial charge in [-0.05, 0) is 32.0 Å². The van der Waals surface area contributed by atoms with Crippen LogP contribution in [0.3, 0.4) is 0 Å². The first kappa shape index (κ1) is 14.8. The van der Waals surface area contributed by atoms with Crippen LogP contribution in [0.4, 0.5) is 5.69 Å².